The number of methoxy groups -OCH3 is 1. The van der Waals surface area contributed by atoms with Gasteiger partial charge < -0.3 is 4.74 Å². The summed E-state index contributed by atoms with van der Waals surface area (Å²) in [6.45, 7) is 0. The van der Waals surface area contributed by atoms with Crippen LogP contribution in [-0.4, -0.2) is 12.5 Å². The maximum Gasteiger partial charge on any atom is 0.118 e. The maximum absolute atomic E-state index is 6.61. The van der Waals surface area contributed by atoms with E-state index in [-0.39, 0.29) is 5.38 Å². The van der Waals surface area contributed by atoms with Gasteiger partial charge in [0.2, 0.25) is 0 Å². The summed E-state index contributed by atoms with van der Waals surface area (Å²) in [7, 11) is 1.70. The van der Waals surface area contributed by atoms with Gasteiger partial charge in [-0.2, -0.15) is 0 Å². The Kier molecular flexibility index (Phi) is 5.37. The molecule has 18 heavy (non-hydrogen) atoms. The molecule has 1 unspecified atom stereocenters. The van der Waals surface area contributed by atoms with Gasteiger partial charge in [-0.15, -0.1) is 11.6 Å². The molecule has 2 rings (SSSR count). The van der Waals surface area contributed by atoms with Crippen molar-refractivity contribution in [1.29, 1.82) is 0 Å². The summed E-state index contributed by atoms with van der Waals surface area (Å²) in [5.74, 6) is 1.62. The fraction of sp³-hybridized carbons (Fsp3) is 0.625. The van der Waals surface area contributed by atoms with E-state index in [1.807, 2.05) is 12.1 Å². The molecule has 0 N–H and O–H groups in total. The van der Waals surface area contributed by atoms with Gasteiger partial charge in [0.05, 0.1) is 7.11 Å². The van der Waals surface area contributed by atoms with Crippen LogP contribution in [0.25, 0.3) is 0 Å². The van der Waals surface area contributed by atoms with Crippen LogP contribution in [0.15, 0.2) is 24.3 Å². The summed E-state index contributed by atoms with van der Waals surface area (Å²) in [5, 5.41) is 0.288. The standard InChI is InChI=1S/C16H23ClO/c1-18-15-10-8-13(9-11-15)12-16(17)14-6-4-2-3-5-7-14/h8-11,14,16H,2-7,12H2,1H3. The van der Waals surface area contributed by atoms with Gasteiger partial charge in [0, 0.05) is 5.38 Å². The molecule has 0 radical (unpaired) electrons. The average Bonchev–Trinajstić information content (AvgIpc) is 2.68. The Bertz CT molecular complexity index is 339. The molecular formula is C16H23ClO. The number of hydrogen-bond donors (Lipinski definition) is 0. The molecular weight excluding hydrogens is 244 g/mol. The van der Waals surface area contributed by atoms with E-state index in [0.717, 1.165) is 12.2 Å². The van der Waals surface area contributed by atoms with E-state index in [9.17, 15) is 0 Å². The molecule has 1 nitrogen and oxygen atoms in total. The second kappa shape index (κ2) is 7.04. The van der Waals surface area contributed by atoms with Crippen molar-refractivity contribution < 1.29 is 4.74 Å². The van der Waals surface area contributed by atoms with Crippen LogP contribution in [0.4, 0.5) is 0 Å². The van der Waals surface area contributed by atoms with E-state index < -0.39 is 0 Å². The van der Waals surface area contributed by atoms with Crippen LogP contribution in [0.2, 0.25) is 0 Å². The fourth-order valence-electron chi connectivity index (χ4n) is 2.83. The average molecular weight is 267 g/mol. The Morgan fingerprint density at radius 1 is 1.11 bits per heavy atom. The predicted molar refractivity (Wildman–Crippen MR) is 77.5 cm³/mol. The molecule has 1 aromatic carbocycles. The summed E-state index contributed by atoms with van der Waals surface area (Å²) >= 11 is 6.61. The smallest absolute Gasteiger partial charge is 0.118 e. The first kappa shape index (κ1) is 13.7. The molecule has 1 saturated carbocycles. The molecule has 1 aliphatic carbocycles. The minimum atomic E-state index is 0.288. The SMILES string of the molecule is COc1ccc(CC(Cl)C2CCCCCC2)cc1. The molecule has 0 amide bonds. The minimum absolute atomic E-state index is 0.288. The lowest BCUT2D eigenvalue weighted by molar-refractivity contribution is 0.414. The highest BCUT2D eigenvalue weighted by molar-refractivity contribution is 6.20. The molecule has 1 aromatic rings. The molecule has 1 aliphatic rings. The van der Waals surface area contributed by atoms with Crippen LogP contribution in [0.5, 0.6) is 5.75 Å². The number of alkyl halides is 1. The summed E-state index contributed by atoms with van der Waals surface area (Å²) in [6, 6.07) is 8.30. The predicted octanol–water partition coefficient (Wildman–Crippen LogP) is 4.82. The molecule has 0 heterocycles. The Hall–Kier alpha value is -0.690. The van der Waals surface area contributed by atoms with Crippen molar-refractivity contribution in [3.8, 4) is 5.75 Å². The molecule has 0 aliphatic heterocycles. The van der Waals surface area contributed by atoms with Crippen molar-refractivity contribution in [2.75, 3.05) is 7.11 Å². The second-order valence-electron chi connectivity index (χ2n) is 5.32. The first-order valence-electron chi connectivity index (χ1n) is 7.06. The van der Waals surface area contributed by atoms with E-state index >= 15 is 0 Å². The number of ether oxygens (including phenoxy) is 1. The summed E-state index contributed by atoms with van der Waals surface area (Å²) in [5.41, 5.74) is 1.32. The lowest BCUT2D eigenvalue weighted by atomic mass is 9.92. The van der Waals surface area contributed by atoms with Gasteiger partial charge in [-0.05, 0) is 42.9 Å². The Morgan fingerprint density at radius 2 is 1.72 bits per heavy atom. The molecule has 1 fully saturated rings. The van der Waals surface area contributed by atoms with Gasteiger partial charge in [0.1, 0.15) is 5.75 Å². The zero-order valence-corrected chi connectivity index (χ0v) is 12.0. The van der Waals surface area contributed by atoms with Gasteiger partial charge in [-0.25, -0.2) is 0 Å². The zero-order valence-electron chi connectivity index (χ0n) is 11.2. The quantitative estimate of drug-likeness (QED) is 0.561. The molecule has 1 atom stereocenters. The molecule has 100 valence electrons. The number of halogens is 1. The van der Waals surface area contributed by atoms with Crippen molar-refractivity contribution in [2.24, 2.45) is 5.92 Å². The first-order chi connectivity index (χ1) is 8.79. The van der Waals surface area contributed by atoms with E-state index in [1.54, 1.807) is 7.11 Å². The highest BCUT2D eigenvalue weighted by Gasteiger charge is 2.20. The van der Waals surface area contributed by atoms with Crippen LogP contribution >= 0.6 is 11.6 Å². The van der Waals surface area contributed by atoms with E-state index in [1.165, 1.54) is 44.1 Å². The van der Waals surface area contributed by atoms with E-state index in [0.29, 0.717) is 5.92 Å². The highest BCUT2D eigenvalue weighted by atomic mass is 35.5. The van der Waals surface area contributed by atoms with Crippen molar-refractivity contribution >= 4 is 11.6 Å². The van der Waals surface area contributed by atoms with Crippen molar-refractivity contribution in [3.63, 3.8) is 0 Å². The third kappa shape index (κ3) is 3.91. The molecule has 0 spiro atoms. The third-order valence-corrected chi connectivity index (χ3v) is 4.51. The number of benzene rings is 1. The van der Waals surface area contributed by atoms with Crippen LogP contribution in [0.3, 0.4) is 0 Å². The van der Waals surface area contributed by atoms with Gasteiger partial charge in [-0.3, -0.25) is 0 Å². The van der Waals surface area contributed by atoms with Crippen LogP contribution in [0.1, 0.15) is 44.1 Å². The minimum Gasteiger partial charge on any atom is -0.497 e. The van der Waals surface area contributed by atoms with Crippen molar-refractivity contribution in [3.05, 3.63) is 29.8 Å². The van der Waals surface area contributed by atoms with E-state index in [2.05, 4.69) is 12.1 Å². The second-order valence-corrected chi connectivity index (χ2v) is 5.88. The molecule has 0 bridgehead atoms. The fourth-order valence-corrected chi connectivity index (χ4v) is 3.26. The summed E-state index contributed by atoms with van der Waals surface area (Å²) < 4.78 is 5.17. The lowest BCUT2D eigenvalue weighted by Crippen LogP contribution is -2.17. The monoisotopic (exact) mass is 266 g/mol. The van der Waals surface area contributed by atoms with Gasteiger partial charge in [0.25, 0.3) is 0 Å². The Labute approximate surface area is 115 Å². The van der Waals surface area contributed by atoms with E-state index in [4.69, 9.17) is 16.3 Å². The Balaban J connectivity index is 1.90. The van der Waals surface area contributed by atoms with Crippen molar-refractivity contribution in [2.45, 2.75) is 50.3 Å². The lowest BCUT2D eigenvalue weighted by Gasteiger charge is -2.20. The number of rotatable bonds is 4. The number of hydrogen-bond acceptors (Lipinski definition) is 1. The third-order valence-electron chi connectivity index (χ3n) is 4.00. The summed E-state index contributed by atoms with van der Waals surface area (Å²) in [4.78, 5) is 0. The van der Waals surface area contributed by atoms with Crippen LogP contribution in [-0.2, 0) is 6.42 Å². The van der Waals surface area contributed by atoms with Crippen molar-refractivity contribution in [1.82, 2.24) is 0 Å². The van der Waals surface area contributed by atoms with Gasteiger partial charge >= 0.3 is 0 Å². The summed E-state index contributed by atoms with van der Waals surface area (Å²) in [6.07, 6.45) is 9.10. The first-order valence-corrected chi connectivity index (χ1v) is 7.50. The zero-order chi connectivity index (χ0) is 12.8. The molecule has 2 heteroatoms. The highest BCUT2D eigenvalue weighted by Crippen LogP contribution is 2.30. The normalized spacial score (nSPS) is 19.2. The Morgan fingerprint density at radius 3 is 2.28 bits per heavy atom. The van der Waals surface area contributed by atoms with Gasteiger partial charge in [0.15, 0.2) is 0 Å². The largest absolute Gasteiger partial charge is 0.497 e. The maximum atomic E-state index is 6.61. The van der Waals surface area contributed by atoms with Gasteiger partial charge in [-0.1, -0.05) is 37.8 Å². The van der Waals surface area contributed by atoms with Crippen LogP contribution < -0.4 is 4.74 Å². The topological polar surface area (TPSA) is 9.23 Å². The molecule has 0 aromatic heterocycles. The molecule has 0 saturated heterocycles. The van der Waals surface area contributed by atoms with Crippen LogP contribution in [0, 0.1) is 5.92 Å².